The average molecular weight is 458 g/mol. The van der Waals surface area contributed by atoms with Crippen molar-refractivity contribution in [3.05, 3.63) is 71.8 Å². The van der Waals surface area contributed by atoms with Crippen LogP contribution in [0.2, 0.25) is 0 Å². The first-order valence-corrected chi connectivity index (χ1v) is 13.6. The molecule has 1 amide bonds. The molecule has 3 saturated heterocycles. The molecule has 180 valence electrons. The van der Waals surface area contributed by atoms with E-state index in [1.54, 1.807) is 0 Å². The predicted octanol–water partition coefficient (Wildman–Crippen LogP) is 4.40. The molecule has 5 aliphatic rings. The molecule has 5 fully saturated rings. The summed E-state index contributed by atoms with van der Waals surface area (Å²) >= 11 is 0. The van der Waals surface area contributed by atoms with E-state index in [0.29, 0.717) is 30.3 Å². The summed E-state index contributed by atoms with van der Waals surface area (Å²) in [4.78, 5) is 16.8. The molecule has 3 heterocycles. The van der Waals surface area contributed by atoms with Crippen LogP contribution in [0.15, 0.2) is 60.7 Å². The Morgan fingerprint density at radius 2 is 1.68 bits per heavy atom. The van der Waals surface area contributed by atoms with Gasteiger partial charge in [0.05, 0.1) is 0 Å². The maximum atomic E-state index is 14.0. The molecule has 7 rings (SSSR count). The Morgan fingerprint density at radius 3 is 2.41 bits per heavy atom. The van der Waals surface area contributed by atoms with Gasteiger partial charge in [0.2, 0.25) is 5.91 Å². The highest BCUT2D eigenvalue weighted by atomic mass is 16.2. The second-order valence-electron chi connectivity index (χ2n) is 11.4. The van der Waals surface area contributed by atoms with E-state index in [1.165, 1.54) is 56.2 Å². The van der Waals surface area contributed by atoms with E-state index in [-0.39, 0.29) is 5.91 Å². The van der Waals surface area contributed by atoms with Crippen LogP contribution in [0.5, 0.6) is 0 Å². The summed E-state index contributed by atoms with van der Waals surface area (Å²) in [5, 5.41) is 7.23. The molecule has 4 nitrogen and oxygen atoms in total. The average Bonchev–Trinajstić information content (AvgIpc) is 3.15. The SMILES string of the molecule is O=C(NCc1ccccc1)[C@]12NC[C@@H]3CC1CN(CC1CCCCC1)[C@H]2[C@@H]3Cc1ccccc1. The summed E-state index contributed by atoms with van der Waals surface area (Å²) in [6, 6.07) is 21.6. The molecule has 5 atom stereocenters. The van der Waals surface area contributed by atoms with Crippen molar-refractivity contribution in [3.63, 3.8) is 0 Å². The van der Waals surface area contributed by atoms with E-state index in [4.69, 9.17) is 0 Å². The molecule has 2 N–H and O–H groups in total. The van der Waals surface area contributed by atoms with Crippen molar-refractivity contribution in [2.45, 2.75) is 63.1 Å². The summed E-state index contributed by atoms with van der Waals surface area (Å²) < 4.78 is 0. The van der Waals surface area contributed by atoms with Crippen LogP contribution in [0.3, 0.4) is 0 Å². The van der Waals surface area contributed by atoms with Crippen LogP contribution in [-0.4, -0.2) is 42.0 Å². The lowest BCUT2D eigenvalue weighted by Gasteiger charge is -2.56. The van der Waals surface area contributed by atoms with Crippen molar-refractivity contribution in [2.24, 2.45) is 23.7 Å². The predicted molar refractivity (Wildman–Crippen MR) is 136 cm³/mol. The molecule has 2 saturated carbocycles. The van der Waals surface area contributed by atoms with Crippen molar-refractivity contribution >= 4 is 5.91 Å². The second kappa shape index (κ2) is 9.47. The quantitative estimate of drug-likeness (QED) is 0.648. The fourth-order valence-corrected chi connectivity index (χ4v) is 7.90. The van der Waals surface area contributed by atoms with Gasteiger partial charge >= 0.3 is 0 Å². The summed E-state index contributed by atoms with van der Waals surface area (Å²) in [7, 11) is 0. The largest absolute Gasteiger partial charge is 0.350 e. The third-order valence-electron chi connectivity index (χ3n) is 9.42. The number of fused-ring (bicyclic) bond motifs is 1. The number of piperidine rings is 2. The molecular formula is C30H39N3O. The molecule has 0 aromatic heterocycles. The molecule has 34 heavy (non-hydrogen) atoms. The van der Waals surface area contributed by atoms with Crippen LogP contribution >= 0.6 is 0 Å². The first-order valence-electron chi connectivity index (χ1n) is 13.6. The van der Waals surface area contributed by atoms with E-state index in [2.05, 4.69) is 70.1 Å². The standard InChI is InChI=1S/C30H39N3O/c34-29(31-18-23-12-6-2-7-13-23)30-26-17-25(19-32-30)27(16-22-10-4-1-5-11-22)28(30)33(21-26)20-24-14-8-3-9-15-24/h1-2,4-7,10-13,24-28,32H,3,8-9,14-21H2,(H,31,34)/t25-,26?,27+,28-,30-/m0/s1. The lowest BCUT2D eigenvalue weighted by atomic mass is 9.58. The smallest absolute Gasteiger partial charge is 0.242 e. The second-order valence-corrected chi connectivity index (χ2v) is 11.4. The Balaban J connectivity index is 1.28. The van der Waals surface area contributed by atoms with Crippen LogP contribution in [0.25, 0.3) is 0 Å². The van der Waals surface area contributed by atoms with Crippen molar-refractivity contribution < 1.29 is 4.79 Å². The van der Waals surface area contributed by atoms with Gasteiger partial charge in [-0.05, 0) is 61.1 Å². The van der Waals surface area contributed by atoms with Gasteiger partial charge in [0.25, 0.3) is 0 Å². The van der Waals surface area contributed by atoms with Crippen LogP contribution < -0.4 is 10.6 Å². The minimum atomic E-state index is -0.447. The lowest BCUT2D eigenvalue weighted by molar-refractivity contribution is -0.138. The van der Waals surface area contributed by atoms with Crippen LogP contribution in [0, 0.1) is 23.7 Å². The molecule has 1 unspecified atom stereocenters. The summed E-state index contributed by atoms with van der Waals surface area (Å²) in [5.74, 6) is 2.65. The number of hydrogen-bond acceptors (Lipinski definition) is 3. The molecule has 2 aromatic carbocycles. The van der Waals surface area contributed by atoms with Crippen molar-refractivity contribution in [3.8, 4) is 0 Å². The van der Waals surface area contributed by atoms with Gasteiger partial charge in [0, 0.05) is 31.6 Å². The van der Waals surface area contributed by atoms with Crippen molar-refractivity contribution in [1.82, 2.24) is 15.5 Å². The molecule has 2 aliphatic carbocycles. The van der Waals surface area contributed by atoms with Gasteiger partial charge in [-0.2, -0.15) is 0 Å². The first kappa shape index (κ1) is 22.3. The zero-order chi connectivity index (χ0) is 23.0. The summed E-state index contributed by atoms with van der Waals surface area (Å²) in [5.41, 5.74) is 2.14. The van der Waals surface area contributed by atoms with E-state index < -0.39 is 5.54 Å². The number of rotatable bonds is 7. The van der Waals surface area contributed by atoms with Crippen LogP contribution in [0.4, 0.5) is 0 Å². The summed E-state index contributed by atoms with van der Waals surface area (Å²) in [6.45, 7) is 3.84. The van der Waals surface area contributed by atoms with E-state index in [0.717, 1.165) is 25.4 Å². The Morgan fingerprint density at radius 1 is 0.971 bits per heavy atom. The minimum absolute atomic E-state index is 0.230. The fraction of sp³-hybridized carbons (Fsp3) is 0.567. The number of amides is 1. The maximum absolute atomic E-state index is 14.0. The highest BCUT2D eigenvalue weighted by Crippen LogP contribution is 2.53. The summed E-state index contributed by atoms with van der Waals surface area (Å²) in [6.07, 6.45) is 9.14. The van der Waals surface area contributed by atoms with Crippen LogP contribution in [0.1, 0.15) is 49.7 Å². The molecular weight excluding hydrogens is 418 g/mol. The lowest BCUT2D eigenvalue weighted by Crippen LogP contribution is -2.76. The van der Waals surface area contributed by atoms with E-state index in [9.17, 15) is 4.79 Å². The van der Waals surface area contributed by atoms with Gasteiger partial charge in [-0.1, -0.05) is 79.9 Å². The molecule has 0 spiro atoms. The van der Waals surface area contributed by atoms with Crippen molar-refractivity contribution in [2.75, 3.05) is 19.6 Å². The van der Waals surface area contributed by atoms with Gasteiger partial charge in [-0.25, -0.2) is 0 Å². The maximum Gasteiger partial charge on any atom is 0.242 e. The van der Waals surface area contributed by atoms with Gasteiger partial charge in [-0.3, -0.25) is 9.69 Å². The highest BCUT2D eigenvalue weighted by Gasteiger charge is 2.67. The van der Waals surface area contributed by atoms with Gasteiger partial charge in [-0.15, -0.1) is 0 Å². The van der Waals surface area contributed by atoms with E-state index in [1.807, 2.05) is 6.07 Å². The topological polar surface area (TPSA) is 44.4 Å². The third kappa shape index (κ3) is 3.99. The monoisotopic (exact) mass is 457 g/mol. The minimum Gasteiger partial charge on any atom is -0.350 e. The molecule has 4 heteroatoms. The van der Waals surface area contributed by atoms with Gasteiger partial charge in [0.15, 0.2) is 0 Å². The number of hydrogen-bond donors (Lipinski definition) is 2. The third-order valence-corrected chi connectivity index (χ3v) is 9.42. The number of benzene rings is 2. The number of likely N-dealkylation sites (tertiary alicyclic amines) is 1. The zero-order valence-corrected chi connectivity index (χ0v) is 20.3. The van der Waals surface area contributed by atoms with Gasteiger partial charge < -0.3 is 10.6 Å². The molecule has 4 bridgehead atoms. The Kier molecular flexibility index (Phi) is 6.21. The fourth-order valence-electron chi connectivity index (χ4n) is 7.90. The number of carbonyl (C=O) groups is 1. The molecule has 2 aromatic rings. The van der Waals surface area contributed by atoms with Gasteiger partial charge in [0.1, 0.15) is 5.54 Å². The van der Waals surface area contributed by atoms with Crippen LogP contribution in [-0.2, 0) is 17.8 Å². The number of carbonyl (C=O) groups excluding carboxylic acids is 1. The molecule has 3 aliphatic heterocycles. The Labute approximate surface area is 204 Å². The normalized spacial score (nSPS) is 33.2. The molecule has 0 radical (unpaired) electrons. The highest BCUT2D eigenvalue weighted by molar-refractivity contribution is 5.89. The Hall–Kier alpha value is -2.17. The van der Waals surface area contributed by atoms with E-state index >= 15 is 0 Å². The first-order chi connectivity index (χ1) is 16.7. The number of nitrogens with one attached hydrogen (secondary N) is 2. The Bertz CT molecular complexity index is 973. The number of nitrogens with zero attached hydrogens (tertiary/aromatic N) is 1. The van der Waals surface area contributed by atoms with Crippen molar-refractivity contribution in [1.29, 1.82) is 0 Å². The zero-order valence-electron chi connectivity index (χ0n) is 20.3.